The molecule has 1 heterocycles. The summed E-state index contributed by atoms with van der Waals surface area (Å²) in [5.41, 5.74) is 1.91. The van der Waals surface area contributed by atoms with Crippen LogP contribution in [0.1, 0.15) is 50.4 Å². The van der Waals surface area contributed by atoms with E-state index in [2.05, 4.69) is 24.1 Å². The van der Waals surface area contributed by atoms with E-state index in [0.717, 1.165) is 12.0 Å². The van der Waals surface area contributed by atoms with Crippen LogP contribution < -0.4 is 5.32 Å². The van der Waals surface area contributed by atoms with Crippen molar-refractivity contribution in [2.75, 3.05) is 0 Å². The van der Waals surface area contributed by atoms with Crippen molar-refractivity contribution >= 4 is 11.3 Å². The molecule has 1 fully saturated rings. The predicted molar refractivity (Wildman–Crippen MR) is 65.1 cm³/mol. The molecular formula is C12H20N2S. The van der Waals surface area contributed by atoms with E-state index in [1.807, 2.05) is 11.7 Å². The molecule has 1 aromatic rings. The zero-order chi connectivity index (χ0) is 10.7. The van der Waals surface area contributed by atoms with E-state index in [9.17, 15) is 0 Å². The smallest absolute Gasteiger partial charge is 0.0794 e. The summed E-state index contributed by atoms with van der Waals surface area (Å²) in [5.74, 6) is 0.932. The molecule has 84 valence electrons. The van der Waals surface area contributed by atoms with E-state index in [0.29, 0.717) is 6.04 Å². The van der Waals surface area contributed by atoms with Gasteiger partial charge in [-0.25, -0.2) is 0 Å². The minimum Gasteiger partial charge on any atom is -0.307 e. The lowest BCUT2D eigenvalue weighted by Crippen LogP contribution is -2.34. The SMILES string of the molecule is CC1CCC(NC(C)c2cncs2)CC1. The van der Waals surface area contributed by atoms with Gasteiger partial charge < -0.3 is 5.32 Å². The molecule has 1 N–H and O–H groups in total. The molecule has 1 aliphatic carbocycles. The van der Waals surface area contributed by atoms with Gasteiger partial charge in [0.15, 0.2) is 0 Å². The Labute approximate surface area is 96.1 Å². The first-order chi connectivity index (χ1) is 7.25. The zero-order valence-corrected chi connectivity index (χ0v) is 10.4. The van der Waals surface area contributed by atoms with Crippen molar-refractivity contribution in [2.45, 2.75) is 51.6 Å². The number of aromatic nitrogens is 1. The summed E-state index contributed by atoms with van der Waals surface area (Å²) in [6.45, 7) is 4.61. The van der Waals surface area contributed by atoms with Gasteiger partial charge in [0.25, 0.3) is 0 Å². The van der Waals surface area contributed by atoms with E-state index in [4.69, 9.17) is 0 Å². The molecule has 2 nitrogen and oxygen atoms in total. The molecule has 1 unspecified atom stereocenters. The molecule has 0 aliphatic heterocycles. The summed E-state index contributed by atoms with van der Waals surface area (Å²) in [6.07, 6.45) is 7.42. The third-order valence-corrected chi connectivity index (χ3v) is 4.34. The summed E-state index contributed by atoms with van der Waals surface area (Å²) in [7, 11) is 0. The van der Waals surface area contributed by atoms with Gasteiger partial charge in [-0.05, 0) is 38.5 Å². The first-order valence-electron chi connectivity index (χ1n) is 5.90. The Morgan fingerprint density at radius 1 is 1.40 bits per heavy atom. The second kappa shape index (κ2) is 5.08. The average molecular weight is 224 g/mol. The molecule has 15 heavy (non-hydrogen) atoms. The van der Waals surface area contributed by atoms with Gasteiger partial charge in [0, 0.05) is 23.2 Å². The molecule has 0 saturated heterocycles. The van der Waals surface area contributed by atoms with E-state index >= 15 is 0 Å². The van der Waals surface area contributed by atoms with Crippen LogP contribution in [0.4, 0.5) is 0 Å². The highest BCUT2D eigenvalue weighted by Crippen LogP contribution is 2.26. The van der Waals surface area contributed by atoms with Crippen LogP contribution >= 0.6 is 11.3 Å². The van der Waals surface area contributed by atoms with Gasteiger partial charge in [0.1, 0.15) is 0 Å². The van der Waals surface area contributed by atoms with Gasteiger partial charge in [0.05, 0.1) is 5.51 Å². The summed E-state index contributed by atoms with van der Waals surface area (Å²) < 4.78 is 0. The topological polar surface area (TPSA) is 24.9 Å². The predicted octanol–water partition coefficient (Wildman–Crippen LogP) is 3.37. The molecule has 1 aliphatic rings. The highest BCUT2D eigenvalue weighted by molar-refractivity contribution is 7.09. The van der Waals surface area contributed by atoms with Crippen molar-refractivity contribution < 1.29 is 0 Å². The molecule has 3 heteroatoms. The molecule has 1 atom stereocenters. The van der Waals surface area contributed by atoms with Crippen LogP contribution in [0.3, 0.4) is 0 Å². The highest BCUT2D eigenvalue weighted by Gasteiger charge is 2.20. The van der Waals surface area contributed by atoms with Crippen LogP contribution in [0.5, 0.6) is 0 Å². The van der Waals surface area contributed by atoms with Crippen LogP contribution in [0.15, 0.2) is 11.7 Å². The molecule has 0 radical (unpaired) electrons. The first kappa shape index (κ1) is 11.1. The van der Waals surface area contributed by atoms with Crippen LogP contribution in [-0.4, -0.2) is 11.0 Å². The lowest BCUT2D eigenvalue weighted by Gasteiger charge is -2.29. The summed E-state index contributed by atoms with van der Waals surface area (Å²) in [6, 6.07) is 1.19. The Kier molecular flexibility index (Phi) is 3.76. The minimum absolute atomic E-state index is 0.468. The summed E-state index contributed by atoms with van der Waals surface area (Å²) in [4.78, 5) is 5.48. The number of hydrogen-bond donors (Lipinski definition) is 1. The Morgan fingerprint density at radius 3 is 2.73 bits per heavy atom. The quantitative estimate of drug-likeness (QED) is 0.851. The Balaban J connectivity index is 1.82. The summed E-state index contributed by atoms with van der Waals surface area (Å²) in [5, 5.41) is 3.71. The largest absolute Gasteiger partial charge is 0.307 e. The Hall–Kier alpha value is -0.410. The fourth-order valence-electron chi connectivity index (χ4n) is 2.30. The van der Waals surface area contributed by atoms with Gasteiger partial charge in [-0.15, -0.1) is 11.3 Å². The number of hydrogen-bond acceptors (Lipinski definition) is 3. The van der Waals surface area contributed by atoms with Crippen molar-refractivity contribution in [3.05, 3.63) is 16.6 Å². The van der Waals surface area contributed by atoms with Crippen molar-refractivity contribution in [1.29, 1.82) is 0 Å². The van der Waals surface area contributed by atoms with Gasteiger partial charge in [-0.2, -0.15) is 0 Å². The van der Waals surface area contributed by atoms with Crippen molar-refractivity contribution in [1.82, 2.24) is 10.3 Å². The normalized spacial score (nSPS) is 28.9. The third kappa shape index (κ3) is 3.02. The second-order valence-electron chi connectivity index (χ2n) is 4.75. The van der Waals surface area contributed by atoms with Crippen molar-refractivity contribution in [3.8, 4) is 0 Å². The first-order valence-corrected chi connectivity index (χ1v) is 6.78. The summed E-state index contributed by atoms with van der Waals surface area (Å²) >= 11 is 1.75. The fraction of sp³-hybridized carbons (Fsp3) is 0.750. The molecule has 1 aromatic heterocycles. The maximum atomic E-state index is 4.13. The standard InChI is InChI=1S/C12H20N2S/c1-9-3-5-11(6-4-9)14-10(2)12-7-13-8-15-12/h7-11,14H,3-6H2,1-2H3. The van der Waals surface area contributed by atoms with E-state index in [1.54, 1.807) is 11.3 Å². The van der Waals surface area contributed by atoms with Crippen molar-refractivity contribution in [3.63, 3.8) is 0 Å². The zero-order valence-electron chi connectivity index (χ0n) is 9.57. The third-order valence-electron chi connectivity index (χ3n) is 3.38. The average Bonchev–Trinajstić information content (AvgIpc) is 2.74. The molecular weight excluding hydrogens is 204 g/mol. The minimum atomic E-state index is 0.468. The van der Waals surface area contributed by atoms with Crippen LogP contribution in [0.2, 0.25) is 0 Å². The lowest BCUT2D eigenvalue weighted by atomic mass is 9.87. The van der Waals surface area contributed by atoms with Gasteiger partial charge in [-0.1, -0.05) is 6.92 Å². The molecule has 0 aromatic carbocycles. The molecule has 0 bridgehead atoms. The number of nitrogens with one attached hydrogen (secondary N) is 1. The molecule has 0 amide bonds. The van der Waals surface area contributed by atoms with Gasteiger partial charge >= 0.3 is 0 Å². The monoisotopic (exact) mass is 224 g/mol. The maximum absolute atomic E-state index is 4.13. The van der Waals surface area contributed by atoms with E-state index in [-0.39, 0.29) is 0 Å². The molecule has 2 rings (SSSR count). The van der Waals surface area contributed by atoms with Crippen molar-refractivity contribution in [2.24, 2.45) is 5.92 Å². The lowest BCUT2D eigenvalue weighted by molar-refractivity contribution is 0.292. The van der Waals surface area contributed by atoms with Crippen LogP contribution in [-0.2, 0) is 0 Å². The van der Waals surface area contributed by atoms with Crippen LogP contribution in [0, 0.1) is 5.92 Å². The number of thiazole rings is 1. The highest BCUT2D eigenvalue weighted by atomic mass is 32.1. The Morgan fingerprint density at radius 2 is 2.13 bits per heavy atom. The maximum Gasteiger partial charge on any atom is 0.0794 e. The van der Waals surface area contributed by atoms with E-state index < -0.39 is 0 Å². The van der Waals surface area contributed by atoms with Gasteiger partial charge in [-0.3, -0.25) is 4.98 Å². The Bertz CT molecular complexity index is 276. The molecule has 1 saturated carbocycles. The number of rotatable bonds is 3. The second-order valence-corrected chi connectivity index (χ2v) is 5.67. The molecule has 0 spiro atoms. The number of nitrogens with zero attached hydrogens (tertiary/aromatic N) is 1. The van der Waals surface area contributed by atoms with Gasteiger partial charge in [0.2, 0.25) is 0 Å². The fourth-order valence-corrected chi connectivity index (χ4v) is 2.94. The van der Waals surface area contributed by atoms with E-state index in [1.165, 1.54) is 30.6 Å². The van der Waals surface area contributed by atoms with Crippen LogP contribution in [0.25, 0.3) is 0 Å².